The Kier molecular flexibility index (Phi) is 3.47. The molecule has 3 aromatic rings. The second kappa shape index (κ2) is 5.29. The molecule has 0 aliphatic heterocycles. The summed E-state index contributed by atoms with van der Waals surface area (Å²) in [5.74, 6) is 0.837. The van der Waals surface area contributed by atoms with E-state index in [1.165, 1.54) is 0 Å². The molecule has 5 nitrogen and oxygen atoms in total. The quantitative estimate of drug-likeness (QED) is 0.762. The van der Waals surface area contributed by atoms with Crippen molar-refractivity contribution in [2.45, 2.75) is 13.8 Å². The number of phenols is 1. The van der Waals surface area contributed by atoms with Gasteiger partial charge in [0.15, 0.2) is 0 Å². The zero-order valence-corrected chi connectivity index (χ0v) is 13.0. The summed E-state index contributed by atoms with van der Waals surface area (Å²) in [5, 5.41) is 13.9. The number of pyridine rings is 1. The average Bonchev–Trinajstić information content (AvgIpc) is 2.90. The summed E-state index contributed by atoms with van der Waals surface area (Å²) in [6.45, 7) is 3.83. The number of hydrogen-bond donors (Lipinski definition) is 1. The molecule has 6 heteroatoms. The number of halogens is 1. The van der Waals surface area contributed by atoms with E-state index < -0.39 is 0 Å². The molecule has 0 spiro atoms. The van der Waals surface area contributed by atoms with Crippen LogP contribution in [0.4, 0.5) is 0 Å². The van der Waals surface area contributed by atoms with Gasteiger partial charge < -0.3 is 9.63 Å². The van der Waals surface area contributed by atoms with Crippen molar-refractivity contribution in [3.8, 4) is 28.6 Å². The van der Waals surface area contributed by atoms with Gasteiger partial charge in [0, 0.05) is 21.4 Å². The van der Waals surface area contributed by atoms with E-state index >= 15 is 0 Å². The molecular formula is C15H12BrN3O2. The Hall–Kier alpha value is -2.21. The minimum absolute atomic E-state index is 0.0930. The zero-order valence-electron chi connectivity index (χ0n) is 11.5. The van der Waals surface area contributed by atoms with Gasteiger partial charge in [0.2, 0.25) is 5.82 Å². The van der Waals surface area contributed by atoms with Gasteiger partial charge in [-0.3, -0.25) is 4.98 Å². The lowest BCUT2D eigenvalue weighted by molar-refractivity contribution is 0.425. The molecule has 0 aliphatic carbocycles. The highest BCUT2D eigenvalue weighted by Gasteiger charge is 2.15. The predicted molar refractivity (Wildman–Crippen MR) is 81.8 cm³/mol. The van der Waals surface area contributed by atoms with Gasteiger partial charge in [-0.2, -0.15) is 4.98 Å². The maximum atomic E-state index is 9.90. The highest BCUT2D eigenvalue weighted by atomic mass is 79.9. The van der Waals surface area contributed by atoms with Crippen molar-refractivity contribution in [3.05, 3.63) is 46.2 Å². The number of aromatic nitrogens is 3. The molecule has 0 saturated heterocycles. The number of nitrogens with zero attached hydrogens (tertiary/aromatic N) is 3. The minimum atomic E-state index is 0.0930. The normalized spacial score (nSPS) is 10.8. The van der Waals surface area contributed by atoms with Gasteiger partial charge in [0.25, 0.3) is 5.89 Å². The van der Waals surface area contributed by atoms with Gasteiger partial charge in [0.05, 0.1) is 5.56 Å². The summed E-state index contributed by atoms with van der Waals surface area (Å²) in [6, 6.07) is 8.83. The maximum Gasteiger partial charge on any atom is 0.262 e. The zero-order chi connectivity index (χ0) is 15.0. The van der Waals surface area contributed by atoms with E-state index in [-0.39, 0.29) is 11.6 Å². The summed E-state index contributed by atoms with van der Waals surface area (Å²) in [6.07, 6.45) is 0. The van der Waals surface area contributed by atoms with E-state index in [1.807, 2.05) is 26.0 Å². The van der Waals surface area contributed by atoms with Crippen molar-refractivity contribution in [2.75, 3.05) is 0 Å². The third-order valence-corrected chi connectivity index (χ3v) is 3.45. The Morgan fingerprint density at radius 1 is 1.05 bits per heavy atom. The first-order valence-corrected chi connectivity index (χ1v) is 7.10. The average molecular weight is 346 g/mol. The fraction of sp³-hybridized carbons (Fsp3) is 0.133. The van der Waals surface area contributed by atoms with Crippen LogP contribution in [0.25, 0.3) is 22.8 Å². The van der Waals surface area contributed by atoms with E-state index in [4.69, 9.17) is 4.52 Å². The number of aromatic hydroxyl groups is 1. The number of aryl methyl sites for hydroxylation is 2. The molecule has 0 atom stereocenters. The summed E-state index contributed by atoms with van der Waals surface area (Å²) >= 11 is 3.36. The molecule has 1 N–H and O–H groups in total. The Balaban J connectivity index is 2.05. The minimum Gasteiger partial charge on any atom is -0.507 e. The second-order valence-electron chi connectivity index (χ2n) is 4.72. The summed E-state index contributed by atoms with van der Waals surface area (Å²) in [7, 11) is 0. The predicted octanol–water partition coefficient (Wildman–Crippen LogP) is 3.88. The van der Waals surface area contributed by atoms with Crippen LogP contribution >= 0.6 is 15.9 Å². The molecule has 2 aromatic heterocycles. The van der Waals surface area contributed by atoms with Crippen molar-refractivity contribution in [1.29, 1.82) is 0 Å². The van der Waals surface area contributed by atoms with E-state index in [0.717, 1.165) is 21.4 Å². The van der Waals surface area contributed by atoms with Gasteiger partial charge in [-0.05, 0) is 44.2 Å². The molecule has 3 rings (SSSR count). The SMILES string of the molecule is Cc1cc(-c2noc(-c3cc(Br)ccc3O)n2)cc(C)n1. The first-order valence-electron chi connectivity index (χ1n) is 6.31. The lowest BCUT2D eigenvalue weighted by atomic mass is 10.2. The topological polar surface area (TPSA) is 72.0 Å². The van der Waals surface area contributed by atoms with E-state index in [2.05, 4.69) is 31.1 Å². The molecular weight excluding hydrogens is 334 g/mol. The highest BCUT2D eigenvalue weighted by molar-refractivity contribution is 9.10. The van der Waals surface area contributed by atoms with Crippen molar-refractivity contribution in [3.63, 3.8) is 0 Å². The molecule has 0 unspecified atom stereocenters. The lowest BCUT2D eigenvalue weighted by Gasteiger charge is -2.00. The second-order valence-corrected chi connectivity index (χ2v) is 5.64. The Morgan fingerprint density at radius 3 is 2.48 bits per heavy atom. The van der Waals surface area contributed by atoms with Crippen LogP contribution in [0.2, 0.25) is 0 Å². The Bertz CT molecular complexity index is 794. The van der Waals surface area contributed by atoms with Crippen LogP contribution in [0.1, 0.15) is 11.4 Å². The number of rotatable bonds is 2. The van der Waals surface area contributed by atoms with Gasteiger partial charge in [-0.1, -0.05) is 21.1 Å². The van der Waals surface area contributed by atoms with Crippen molar-refractivity contribution >= 4 is 15.9 Å². The first-order chi connectivity index (χ1) is 10.0. The van der Waals surface area contributed by atoms with E-state index in [1.54, 1.807) is 18.2 Å². The van der Waals surface area contributed by atoms with Gasteiger partial charge >= 0.3 is 0 Å². The Labute approximate surface area is 129 Å². The molecule has 0 bridgehead atoms. The third-order valence-electron chi connectivity index (χ3n) is 2.95. The number of hydrogen-bond acceptors (Lipinski definition) is 5. The smallest absolute Gasteiger partial charge is 0.262 e. The molecule has 21 heavy (non-hydrogen) atoms. The standard InChI is InChI=1S/C15H12BrN3O2/c1-8-5-10(6-9(2)17-8)14-18-15(21-19-14)12-7-11(16)3-4-13(12)20/h3-7,20H,1-2H3. The molecule has 0 aliphatic rings. The van der Waals surface area contributed by atoms with Crippen molar-refractivity contribution in [1.82, 2.24) is 15.1 Å². The molecule has 0 fully saturated rings. The van der Waals surface area contributed by atoms with E-state index in [0.29, 0.717) is 11.4 Å². The largest absolute Gasteiger partial charge is 0.507 e. The molecule has 2 heterocycles. The van der Waals surface area contributed by atoms with Crippen LogP contribution in [0, 0.1) is 13.8 Å². The van der Waals surface area contributed by atoms with Gasteiger partial charge in [-0.25, -0.2) is 0 Å². The fourth-order valence-corrected chi connectivity index (χ4v) is 2.45. The van der Waals surface area contributed by atoms with Gasteiger partial charge in [-0.15, -0.1) is 0 Å². The maximum absolute atomic E-state index is 9.90. The molecule has 0 saturated carbocycles. The van der Waals surface area contributed by atoms with Crippen LogP contribution < -0.4 is 0 Å². The first kappa shape index (κ1) is 13.8. The van der Waals surface area contributed by atoms with Crippen LogP contribution in [0.3, 0.4) is 0 Å². The monoisotopic (exact) mass is 345 g/mol. The Morgan fingerprint density at radius 2 is 1.76 bits per heavy atom. The summed E-state index contributed by atoms with van der Waals surface area (Å²) in [4.78, 5) is 8.67. The number of phenolic OH excluding ortho intramolecular Hbond substituents is 1. The van der Waals surface area contributed by atoms with E-state index in [9.17, 15) is 5.11 Å². The number of benzene rings is 1. The lowest BCUT2D eigenvalue weighted by Crippen LogP contribution is -1.89. The van der Waals surface area contributed by atoms with Gasteiger partial charge in [0.1, 0.15) is 5.75 Å². The van der Waals surface area contributed by atoms with Crippen molar-refractivity contribution in [2.24, 2.45) is 0 Å². The molecule has 0 amide bonds. The molecule has 0 radical (unpaired) electrons. The summed E-state index contributed by atoms with van der Waals surface area (Å²) < 4.78 is 6.08. The fourth-order valence-electron chi connectivity index (χ4n) is 2.09. The van der Waals surface area contributed by atoms with Crippen LogP contribution in [0.5, 0.6) is 5.75 Å². The molecule has 106 valence electrons. The molecule has 1 aromatic carbocycles. The van der Waals surface area contributed by atoms with Crippen molar-refractivity contribution < 1.29 is 9.63 Å². The highest BCUT2D eigenvalue weighted by Crippen LogP contribution is 2.31. The van der Waals surface area contributed by atoms with Crippen LogP contribution in [-0.4, -0.2) is 20.2 Å². The third kappa shape index (κ3) is 2.80. The van der Waals surface area contributed by atoms with Crippen LogP contribution in [-0.2, 0) is 0 Å². The van der Waals surface area contributed by atoms with Crippen LogP contribution in [0.15, 0.2) is 39.3 Å². The summed E-state index contributed by atoms with van der Waals surface area (Å²) in [5.41, 5.74) is 3.11.